The van der Waals surface area contributed by atoms with Gasteiger partial charge in [0.15, 0.2) is 11.9 Å². The van der Waals surface area contributed by atoms with E-state index in [0.29, 0.717) is 11.6 Å². The van der Waals surface area contributed by atoms with Crippen molar-refractivity contribution in [1.29, 1.82) is 0 Å². The molecule has 0 fully saturated rings. The summed E-state index contributed by atoms with van der Waals surface area (Å²) in [5.74, 6) is -1.47. The van der Waals surface area contributed by atoms with Gasteiger partial charge in [0.1, 0.15) is 11.9 Å². The monoisotopic (exact) mass is 336 g/mol. The fourth-order valence-corrected chi connectivity index (χ4v) is 2.40. The van der Waals surface area contributed by atoms with Crippen LogP contribution in [0.25, 0.3) is 0 Å². The predicted molar refractivity (Wildman–Crippen MR) is 68.2 cm³/mol. The standard InChI is InChI=1S/C12H15F3N4O4/c1-6-16-17-9-5-19(7(11(21)22)4-18(6)9)10(20)3-8(23-2)12(13,14)15/h7-8H,3-5H2,1-2H3,(H,21,22). The quantitative estimate of drug-likeness (QED) is 0.852. The third-order valence-corrected chi connectivity index (χ3v) is 3.67. The van der Waals surface area contributed by atoms with Crippen molar-refractivity contribution < 1.29 is 32.6 Å². The van der Waals surface area contributed by atoms with E-state index in [1.807, 2.05) is 0 Å². The minimum Gasteiger partial charge on any atom is -0.480 e. The molecule has 0 aromatic carbocycles. The van der Waals surface area contributed by atoms with Gasteiger partial charge in [-0.3, -0.25) is 4.79 Å². The molecule has 1 amide bonds. The van der Waals surface area contributed by atoms with Crippen molar-refractivity contribution in [3.63, 3.8) is 0 Å². The fraction of sp³-hybridized carbons (Fsp3) is 0.667. The van der Waals surface area contributed by atoms with E-state index < -0.39 is 36.6 Å². The molecule has 2 rings (SSSR count). The van der Waals surface area contributed by atoms with E-state index in [9.17, 15) is 27.9 Å². The number of ether oxygens (including phenoxy) is 1. The lowest BCUT2D eigenvalue weighted by Crippen LogP contribution is -2.52. The summed E-state index contributed by atoms with van der Waals surface area (Å²) >= 11 is 0. The highest BCUT2D eigenvalue weighted by atomic mass is 19.4. The maximum Gasteiger partial charge on any atom is 0.415 e. The van der Waals surface area contributed by atoms with E-state index in [2.05, 4.69) is 14.9 Å². The van der Waals surface area contributed by atoms with Gasteiger partial charge in [-0.05, 0) is 6.92 Å². The lowest BCUT2D eigenvalue weighted by Gasteiger charge is -2.34. The van der Waals surface area contributed by atoms with Crippen LogP contribution in [0, 0.1) is 6.92 Å². The molecule has 8 nitrogen and oxygen atoms in total. The van der Waals surface area contributed by atoms with Crippen molar-refractivity contribution in [2.24, 2.45) is 0 Å². The number of aryl methyl sites for hydroxylation is 1. The van der Waals surface area contributed by atoms with E-state index >= 15 is 0 Å². The van der Waals surface area contributed by atoms with Crippen molar-refractivity contribution in [3.05, 3.63) is 11.6 Å². The van der Waals surface area contributed by atoms with Crippen LogP contribution in [0.3, 0.4) is 0 Å². The van der Waals surface area contributed by atoms with Crippen LogP contribution in [0.5, 0.6) is 0 Å². The second-order valence-corrected chi connectivity index (χ2v) is 5.12. The molecule has 2 heterocycles. The summed E-state index contributed by atoms with van der Waals surface area (Å²) in [5, 5.41) is 16.8. The molecular weight excluding hydrogens is 321 g/mol. The van der Waals surface area contributed by atoms with Gasteiger partial charge in [0.2, 0.25) is 5.91 Å². The number of hydrogen-bond donors (Lipinski definition) is 1. The number of amides is 1. The first-order chi connectivity index (χ1) is 10.6. The average molecular weight is 336 g/mol. The Balaban J connectivity index is 2.22. The van der Waals surface area contributed by atoms with Gasteiger partial charge >= 0.3 is 12.1 Å². The molecular formula is C12H15F3N4O4. The smallest absolute Gasteiger partial charge is 0.415 e. The zero-order chi connectivity index (χ0) is 17.4. The number of fused-ring (bicyclic) bond motifs is 1. The number of alkyl halides is 3. The van der Waals surface area contributed by atoms with Crippen molar-refractivity contribution in [2.75, 3.05) is 7.11 Å². The zero-order valence-electron chi connectivity index (χ0n) is 12.4. The average Bonchev–Trinajstić information content (AvgIpc) is 2.82. The molecule has 0 radical (unpaired) electrons. The molecule has 0 bridgehead atoms. The topological polar surface area (TPSA) is 97.5 Å². The van der Waals surface area contributed by atoms with Crippen LogP contribution in [0.4, 0.5) is 13.2 Å². The number of nitrogens with zero attached hydrogens (tertiary/aromatic N) is 4. The van der Waals surface area contributed by atoms with Crippen molar-refractivity contribution >= 4 is 11.9 Å². The van der Waals surface area contributed by atoms with Gasteiger partial charge < -0.3 is 19.3 Å². The molecule has 1 N–H and O–H groups in total. The van der Waals surface area contributed by atoms with E-state index in [4.69, 9.17) is 0 Å². The highest BCUT2D eigenvalue weighted by Gasteiger charge is 2.44. The summed E-state index contributed by atoms with van der Waals surface area (Å²) in [5.41, 5.74) is 0. The molecule has 0 saturated heterocycles. The lowest BCUT2D eigenvalue weighted by molar-refractivity contribution is -0.216. The number of methoxy groups -OCH3 is 1. The van der Waals surface area contributed by atoms with Crippen LogP contribution in [0.2, 0.25) is 0 Å². The fourth-order valence-electron chi connectivity index (χ4n) is 2.40. The summed E-state index contributed by atoms with van der Waals surface area (Å²) < 4.78 is 43.9. The molecule has 1 aliphatic rings. The van der Waals surface area contributed by atoms with Crippen molar-refractivity contribution in [1.82, 2.24) is 19.7 Å². The van der Waals surface area contributed by atoms with E-state index in [1.165, 1.54) is 4.57 Å². The van der Waals surface area contributed by atoms with Gasteiger partial charge in [0.05, 0.1) is 19.5 Å². The largest absolute Gasteiger partial charge is 0.480 e. The lowest BCUT2D eigenvalue weighted by atomic mass is 10.1. The van der Waals surface area contributed by atoms with Crippen molar-refractivity contribution in [2.45, 2.75) is 44.8 Å². The van der Waals surface area contributed by atoms with Crippen LogP contribution in [0.1, 0.15) is 18.1 Å². The number of carboxylic acids is 1. The Kier molecular flexibility index (Phi) is 4.59. The minimum absolute atomic E-state index is 0.112. The third-order valence-electron chi connectivity index (χ3n) is 3.67. The van der Waals surface area contributed by atoms with Crippen molar-refractivity contribution in [3.8, 4) is 0 Å². The summed E-state index contributed by atoms with van der Waals surface area (Å²) in [4.78, 5) is 24.4. The Morgan fingerprint density at radius 3 is 2.61 bits per heavy atom. The number of carbonyl (C=O) groups excluding carboxylic acids is 1. The normalized spacial score (nSPS) is 19.3. The van der Waals surface area contributed by atoms with Gasteiger partial charge in [-0.25, -0.2) is 4.79 Å². The van der Waals surface area contributed by atoms with Crippen LogP contribution < -0.4 is 0 Å². The maximum atomic E-state index is 12.7. The number of rotatable bonds is 4. The SMILES string of the molecule is COC(CC(=O)N1Cc2nnc(C)n2CC1C(=O)O)C(F)(F)F. The Morgan fingerprint density at radius 1 is 1.43 bits per heavy atom. The summed E-state index contributed by atoms with van der Waals surface area (Å²) in [6, 6.07) is -1.28. The first-order valence-electron chi connectivity index (χ1n) is 6.65. The Hall–Kier alpha value is -2.17. The van der Waals surface area contributed by atoms with Crippen LogP contribution in [-0.2, 0) is 27.4 Å². The van der Waals surface area contributed by atoms with Gasteiger partial charge in [-0.15, -0.1) is 10.2 Å². The second-order valence-electron chi connectivity index (χ2n) is 5.12. The highest BCUT2D eigenvalue weighted by Crippen LogP contribution is 2.27. The molecule has 128 valence electrons. The first kappa shape index (κ1) is 17.2. The number of aromatic nitrogens is 3. The summed E-state index contributed by atoms with van der Waals surface area (Å²) in [7, 11) is 0.844. The Morgan fingerprint density at radius 2 is 2.09 bits per heavy atom. The molecule has 23 heavy (non-hydrogen) atoms. The van der Waals surface area contributed by atoms with Gasteiger partial charge in [-0.2, -0.15) is 13.2 Å². The third kappa shape index (κ3) is 3.44. The van der Waals surface area contributed by atoms with Crippen LogP contribution in [0.15, 0.2) is 0 Å². The predicted octanol–water partition coefficient (Wildman–Crippen LogP) is 0.349. The first-order valence-corrected chi connectivity index (χ1v) is 6.65. The van der Waals surface area contributed by atoms with Crippen LogP contribution >= 0.6 is 0 Å². The molecule has 2 atom stereocenters. The molecule has 0 spiro atoms. The molecule has 1 aliphatic heterocycles. The summed E-state index contributed by atoms with van der Waals surface area (Å²) in [6.45, 7) is 1.29. The molecule has 11 heteroatoms. The van der Waals surface area contributed by atoms with E-state index in [1.54, 1.807) is 6.92 Å². The highest BCUT2D eigenvalue weighted by molar-refractivity contribution is 5.84. The number of carbonyl (C=O) groups is 2. The maximum absolute atomic E-state index is 12.7. The number of halogens is 3. The van der Waals surface area contributed by atoms with Gasteiger partial charge in [-0.1, -0.05) is 0 Å². The zero-order valence-corrected chi connectivity index (χ0v) is 12.4. The second kappa shape index (κ2) is 6.14. The Bertz CT molecular complexity index is 616. The molecule has 2 unspecified atom stereocenters. The number of aliphatic carboxylic acids is 1. The number of carboxylic acid groups (broad SMARTS) is 1. The number of hydrogen-bond acceptors (Lipinski definition) is 5. The molecule has 0 saturated carbocycles. The molecule has 0 aliphatic carbocycles. The van der Waals surface area contributed by atoms with Gasteiger partial charge in [0, 0.05) is 7.11 Å². The van der Waals surface area contributed by atoms with E-state index in [0.717, 1.165) is 12.0 Å². The van der Waals surface area contributed by atoms with E-state index in [-0.39, 0.29) is 13.1 Å². The van der Waals surface area contributed by atoms with Crippen LogP contribution in [-0.4, -0.2) is 62.1 Å². The Labute approximate surface area is 128 Å². The minimum atomic E-state index is -4.71. The molecule has 1 aromatic heterocycles. The van der Waals surface area contributed by atoms with Gasteiger partial charge in [0.25, 0.3) is 0 Å². The summed E-state index contributed by atoms with van der Waals surface area (Å²) in [6.07, 6.45) is -7.99. The molecule has 1 aromatic rings.